The first-order valence-electron chi connectivity index (χ1n) is 3.42. The molecule has 1 saturated carbocycles. The Morgan fingerprint density at radius 3 is 2.64 bits per heavy atom. The summed E-state index contributed by atoms with van der Waals surface area (Å²) in [7, 11) is -1.84. The zero-order valence-corrected chi connectivity index (χ0v) is 9.76. The Hall–Kier alpha value is 0.690. The van der Waals surface area contributed by atoms with Crippen molar-refractivity contribution in [2.45, 2.75) is 13.3 Å². The van der Waals surface area contributed by atoms with Gasteiger partial charge in [0.05, 0.1) is 0 Å². The molecule has 4 heteroatoms. The van der Waals surface area contributed by atoms with Gasteiger partial charge in [-0.05, 0) is 25.2 Å². The van der Waals surface area contributed by atoms with E-state index >= 15 is 0 Å². The van der Waals surface area contributed by atoms with Crippen molar-refractivity contribution in [1.82, 2.24) is 0 Å². The predicted molar refractivity (Wildman–Crippen MR) is 40.0 cm³/mol. The van der Waals surface area contributed by atoms with Gasteiger partial charge in [-0.3, -0.25) is 0 Å². The first-order valence-corrected chi connectivity index (χ1v) is 4.67. The van der Waals surface area contributed by atoms with Crippen LogP contribution in [0.2, 0.25) is 0 Å². The van der Waals surface area contributed by atoms with Gasteiger partial charge in [0.15, 0.2) is 0 Å². The smallest absolute Gasteiger partial charge is 0.424 e. The zero-order valence-electron chi connectivity index (χ0n) is 6.95. The molecule has 58 valence electrons. The van der Waals surface area contributed by atoms with Crippen LogP contribution in [-0.2, 0) is 19.1 Å². The number of allylic oxidation sites excluding steroid dienone is 2. The van der Waals surface area contributed by atoms with Crippen LogP contribution in [0.3, 0.4) is 0 Å². The summed E-state index contributed by atoms with van der Waals surface area (Å²) in [5, 5.41) is 0. The summed E-state index contributed by atoms with van der Waals surface area (Å²) in [6.07, 6.45) is 5.12. The maximum Gasteiger partial charge on any atom is 1.00 e. The molecule has 1 fully saturated rings. The van der Waals surface area contributed by atoms with Gasteiger partial charge in [-0.25, -0.2) is 0 Å². The molecule has 0 spiro atoms. The second kappa shape index (κ2) is 5.36. The monoisotopic (exact) mass is 182 g/mol. The van der Waals surface area contributed by atoms with Gasteiger partial charge < -0.3 is 8.42 Å². The number of rotatable bonds is 3. The van der Waals surface area contributed by atoms with E-state index in [9.17, 15) is 8.42 Å². The van der Waals surface area contributed by atoms with Gasteiger partial charge >= 0.3 is 29.6 Å². The Bertz CT molecular complexity index is 202. The Balaban J connectivity index is 0.000001000. The zero-order chi connectivity index (χ0) is 7.56. The van der Waals surface area contributed by atoms with Crippen molar-refractivity contribution < 1.29 is 38.0 Å². The molecule has 11 heavy (non-hydrogen) atoms. The van der Waals surface area contributed by atoms with Gasteiger partial charge in [0.25, 0.3) is 0 Å². The molecule has 0 aromatic carbocycles. The van der Waals surface area contributed by atoms with Crippen molar-refractivity contribution in [3.8, 4) is 0 Å². The Kier molecular flexibility index (Phi) is 5.69. The van der Waals surface area contributed by atoms with Crippen molar-refractivity contribution >= 4 is 10.7 Å². The van der Waals surface area contributed by atoms with Crippen LogP contribution < -0.4 is 29.6 Å². The van der Waals surface area contributed by atoms with Gasteiger partial charge in [0.2, 0.25) is 0 Å². The minimum Gasteiger partial charge on any atom is -0.424 e. The van der Waals surface area contributed by atoms with Crippen molar-refractivity contribution in [2.75, 3.05) is 5.75 Å². The summed E-state index contributed by atoms with van der Waals surface area (Å²) in [6.45, 7) is 1.96. The summed E-state index contributed by atoms with van der Waals surface area (Å²) < 4.78 is 20.4. The fourth-order valence-electron chi connectivity index (χ4n) is 1.12. The number of hydrogen-bond donors (Lipinski definition) is 0. The molecular formula is C7H11NaO2S. The molecular weight excluding hydrogens is 171 g/mol. The van der Waals surface area contributed by atoms with E-state index in [1.54, 1.807) is 0 Å². The fraction of sp³-hybridized carbons (Fsp3) is 0.714. The average molecular weight is 182 g/mol. The Morgan fingerprint density at radius 1 is 1.55 bits per heavy atom. The molecule has 0 bridgehead atoms. The van der Waals surface area contributed by atoms with Crippen LogP contribution in [0.1, 0.15) is 13.3 Å². The second-order valence-corrected chi connectivity index (χ2v) is 3.60. The third kappa shape index (κ3) is 4.31. The summed E-state index contributed by atoms with van der Waals surface area (Å²) >= 11 is 0. The molecule has 0 N–H and O–H groups in total. The van der Waals surface area contributed by atoms with Crippen molar-refractivity contribution in [3.63, 3.8) is 0 Å². The molecule has 0 unspecified atom stereocenters. The molecule has 2 atom stereocenters. The second-order valence-electron chi connectivity index (χ2n) is 2.66. The third-order valence-corrected chi connectivity index (χ3v) is 2.47. The van der Waals surface area contributed by atoms with E-state index in [0.717, 1.165) is 6.42 Å². The quantitative estimate of drug-likeness (QED) is 0.303. The molecule has 1 aliphatic carbocycles. The van der Waals surface area contributed by atoms with E-state index in [1.807, 2.05) is 13.0 Å². The molecule has 0 heterocycles. The van der Waals surface area contributed by atoms with Crippen LogP contribution in [0.15, 0.2) is 12.2 Å². The average Bonchev–Trinajstić information content (AvgIpc) is 2.47. The summed E-state index contributed by atoms with van der Waals surface area (Å²) in [6, 6.07) is 0. The summed E-state index contributed by atoms with van der Waals surface area (Å²) in [5.74, 6) is 1.30. The van der Waals surface area contributed by atoms with Gasteiger partial charge in [0, 0.05) is 0 Å². The first-order chi connectivity index (χ1) is 4.74. The summed E-state index contributed by atoms with van der Waals surface area (Å²) in [4.78, 5) is 0. The largest absolute Gasteiger partial charge is 1.00 e. The molecule has 1 aliphatic rings. The van der Waals surface area contributed by atoms with Gasteiger partial charge in [-0.15, -0.1) is 0 Å². The molecule has 1 rings (SSSR count). The van der Waals surface area contributed by atoms with Crippen molar-refractivity contribution in [2.24, 2.45) is 11.8 Å². The van der Waals surface area contributed by atoms with Crippen LogP contribution in [0, 0.1) is 11.8 Å². The van der Waals surface area contributed by atoms with Crippen LogP contribution in [0.4, 0.5) is 0 Å². The van der Waals surface area contributed by atoms with Crippen LogP contribution in [0.5, 0.6) is 0 Å². The van der Waals surface area contributed by atoms with Gasteiger partial charge in [-0.1, -0.05) is 28.6 Å². The minimum atomic E-state index is -1.84. The molecule has 0 aromatic heterocycles. The summed E-state index contributed by atoms with van der Waals surface area (Å²) in [5.41, 5.74) is 0. The maximum atomic E-state index is 10.2. The van der Waals surface area contributed by atoms with Gasteiger partial charge in [-0.2, -0.15) is 0 Å². The normalized spacial score (nSPS) is 28.9. The van der Waals surface area contributed by atoms with Crippen molar-refractivity contribution in [1.29, 1.82) is 0 Å². The fourth-order valence-corrected chi connectivity index (χ4v) is 1.85. The van der Waals surface area contributed by atoms with Crippen LogP contribution >= 0.6 is 0 Å². The van der Waals surface area contributed by atoms with E-state index < -0.39 is 10.7 Å². The SMILES string of the molecule is C/C=C/[C@H]1C[C@@H]1C[S-](=O)=O.[Na+]. The maximum absolute atomic E-state index is 10.2. The van der Waals surface area contributed by atoms with Gasteiger partial charge in [0.1, 0.15) is 0 Å². The minimum absolute atomic E-state index is 0. The first kappa shape index (κ1) is 11.7. The third-order valence-electron chi connectivity index (χ3n) is 1.77. The van der Waals surface area contributed by atoms with Crippen LogP contribution in [0.25, 0.3) is 0 Å². The van der Waals surface area contributed by atoms with E-state index in [2.05, 4.69) is 6.08 Å². The Labute approximate surface area is 91.3 Å². The van der Waals surface area contributed by atoms with Crippen LogP contribution in [-0.4, -0.2) is 5.75 Å². The van der Waals surface area contributed by atoms with Crippen molar-refractivity contribution in [3.05, 3.63) is 12.2 Å². The van der Waals surface area contributed by atoms with E-state index in [4.69, 9.17) is 0 Å². The molecule has 2 nitrogen and oxygen atoms in total. The Morgan fingerprint density at radius 2 is 2.18 bits per heavy atom. The molecule has 0 saturated heterocycles. The topological polar surface area (TPSA) is 34.1 Å². The molecule has 0 radical (unpaired) electrons. The van der Waals surface area contributed by atoms with E-state index in [1.165, 1.54) is 0 Å². The van der Waals surface area contributed by atoms with E-state index in [0.29, 0.717) is 17.6 Å². The van der Waals surface area contributed by atoms with E-state index in [-0.39, 0.29) is 29.6 Å². The number of hydrogen-bond acceptors (Lipinski definition) is 3. The molecule has 0 aliphatic heterocycles. The standard InChI is InChI=1S/C7H11O2S.Na/c1-2-3-6-4-7(6)5-10(8)9;/h2-3,6-7H,4-5H2,1H3;/q-1;+1/b3-2+;/t6-,7+;/m0./s1. The predicted octanol–water partition coefficient (Wildman–Crippen LogP) is -1.49. The molecule has 0 amide bonds. The molecule has 0 aromatic rings.